The molecule has 0 aromatic carbocycles. The van der Waals surface area contributed by atoms with Gasteiger partial charge in [-0.2, -0.15) is 0 Å². The van der Waals surface area contributed by atoms with E-state index in [0.717, 1.165) is 49.0 Å². The van der Waals surface area contributed by atoms with Gasteiger partial charge in [0.15, 0.2) is 0 Å². The zero-order valence-corrected chi connectivity index (χ0v) is 11.4. The van der Waals surface area contributed by atoms with Crippen molar-refractivity contribution in [3.8, 4) is 0 Å². The van der Waals surface area contributed by atoms with Gasteiger partial charge >= 0.3 is 0 Å². The van der Waals surface area contributed by atoms with Crippen LogP contribution in [0.3, 0.4) is 0 Å². The van der Waals surface area contributed by atoms with Crippen LogP contribution in [0.1, 0.15) is 37.2 Å². The third-order valence-corrected chi connectivity index (χ3v) is 4.55. The number of rotatable bonds is 3. The molecule has 2 atom stereocenters. The van der Waals surface area contributed by atoms with Crippen LogP contribution in [-0.2, 0) is 11.2 Å². The topological polar surface area (TPSA) is 68.3 Å². The first-order valence-electron chi connectivity index (χ1n) is 7.20. The van der Waals surface area contributed by atoms with E-state index in [0.29, 0.717) is 18.5 Å². The van der Waals surface area contributed by atoms with E-state index in [9.17, 15) is 4.79 Å². The van der Waals surface area contributed by atoms with Gasteiger partial charge in [0.2, 0.25) is 5.91 Å². The second kappa shape index (κ2) is 5.00. The molecule has 0 aliphatic heterocycles. The minimum atomic E-state index is 0.0728. The molecule has 3 rings (SSSR count). The Labute approximate surface area is 113 Å². The number of fused-ring (bicyclic) bond motifs is 1. The zero-order chi connectivity index (χ0) is 13.4. The minimum absolute atomic E-state index is 0.0728. The largest absolute Gasteiger partial charge is 0.466 e. The fourth-order valence-electron chi connectivity index (χ4n) is 3.80. The maximum absolute atomic E-state index is 12.0. The molecule has 0 radical (unpaired) electrons. The first-order chi connectivity index (χ1) is 9.10. The average molecular weight is 262 g/mol. The first-order valence-corrected chi connectivity index (χ1v) is 7.20. The lowest BCUT2D eigenvalue weighted by molar-refractivity contribution is -0.121. The number of carbonyl (C=O) groups excluding carboxylic acids is 1. The molecule has 104 valence electrons. The predicted molar refractivity (Wildman–Crippen MR) is 72.5 cm³/mol. The van der Waals surface area contributed by atoms with Crippen molar-refractivity contribution < 1.29 is 9.21 Å². The normalized spacial score (nSPS) is 33.4. The second-order valence-electron chi connectivity index (χ2n) is 6.18. The van der Waals surface area contributed by atoms with Gasteiger partial charge in [0, 0.05) is 12.1 Å². The average Bonchev–Trinajstić information content (AvgIpc) is 2.93. The first kappa shape index (κ1) is 12.7. The van der Waals surface area contributed by atoms with Crippen molar-refractivity contribution in [2.24, 2.45) is 17.6 Å². The van der Waals surface area contributed by atoms with Crippen LogP contribution in [0.5, 0.6) is 0 Å². The summed E-state index contributed by atoms with van der Waals surface area (Å²) in [5.41, 5.74) is 5.98. The van der Waals surface area contributed by atoms with Gasteiger partial charge in [-0.1, -0.05) is 0 Å². The summed E-state index contributed by atoms with van der Waals surface area (Å²) < 4.78 is 5.43. The lowest BCUT2D eigenvalue weighted by Gasteiger charge is -2.14. The highest BCUT2D eigenvalue weighted by atomic mass is 16.3. The van der Waals surface area contributed by atoms with E-state index in [-0.39, 0.29) is 5.91 Å². The third-order valence-electron chi connectivity index (χ3n) is 4.55. The van der Waals surface area contributed by atoms with Gasteiger partial charge in [-0.3, -0.25) is 4.79 Å². The summed E-state index contributed by atoms with van der Waals surface area (Å²) in [4.78, 5) is 12.0. The summed E-state index contributed by atoms with van der Waals surface area (Å²) in [5, 5.41) is 3.14. The number of nitrogens with one attached hydrogen (secondary N) is 1. The molecule has 3 N–H and O–H groups in total. The molecule has 2 aliphatic carbocycles. The molecule has 0 spiro atoms. The Hall–Kier alpha value is -1.29. The van der Waals surface area contributed by atoms with Crippen LogP contribution in [-0.4, -0.2) is 18.0 Å². The van der Waals surface area contributed by atoms with Crippen molar-refractivity contribution in [2.45, 2.75) is 51.1 Å². The Bertz CT molecular complexity index is 454. The molecule has 4 heteroatoms. The number of hydrogen-bond acceptors (Lipinski definition) is 3. The minimum Gasteiger partial charge on any atom is -0.466 e. The van der Waals surface area contributed by atoms with E-state index in [1.165, 1.54) is 0 Å². The van der Waals surface area contributed by atoms with Crippen molar-refractivity contribution >= 4 is 5.91 Å². The molecule has 2 fully saturated rings. The van der Waals surface area contributed by atoms with Gasteiger partial charge in [0.05, 0.1) is 6.42 Å². The molecule has 19 heavy (non-hydrogen) atoms. The van der Waals surface area contributed by atoms with Crippen molar-refractivity contribution in [1.82, 2.24) is 5.32 Å². The van der Waals surface area contributed by atoms with Gasteiger partial charge in [-0.05, 0) is 56.6 Å². The van der Waals surface area contributed by atoms with Crippen LogP contribution in [0, 0.1) is 18.8 Å². The van der Waals surface area contributed by atoms with Crippen molar-refractivity contribution in [3.05, 3.63) is 23.7 Å². The number of hydrogen-bond donors (Lipinski definition) is 2. The molecule has 2 unspecified atom stereocenters. The number of carbonyl (C=O) groups is 1. The summed E-state index contributed by atoms with van der Waals surface area (Å²) in [6.07, 6.45) is 4.81. The number of aryl methyl sites for hydroxylation is 1. The molecule has 2 aliphatic rings. The summed E-state index contributed by atoms with van der Waals surface area (Å²) >= 11 is 0. The maximum Gasteiger partial charge on any atom is 0.227 e. The van der Waals surface area contributed by atoms with Crippen LogP contribution < -0.4 is 11.1 Å². The van der Waals surface area contributed by atoms with E-state index in [4.69, 9.17) is 10.2 Å². The molecular formula is C15H22N2O2. The number of furan rings is 1. The van der Waals surface area contributed by atoms with Gasteiger partial charge in [-0.15, -0.1) is 0 Å². The molecule has 1 aromatic rings. The standard InChI is InChI=1S/C15H22N2O2/c1-9-2-3-14(19-9)8-15(18)17-13-6-10-4-12(16)5-11(10)7-13/h2-3,10-13H,4-8,16H2,1H3,(H,17,18). The highest BCUT2D eigenvalue weighted by molar-refractivity contribution is 5.78. The van der Waals surface area contributed by atoms with Gasteiger partial charge in [-0.25, -0.2) is 0 Å². The highest BCUT2D eigenvalue weighted by Crippen LogP contribution is 2.43. The summed E-state index contributed by atoms with van der Waals surface area (Å²) in [6, 6.07) is 4.49. The second-order valence-corrected chi connectivity index (χ2v) is 6.18. The van der Waals surface area contributed by atoms with Crippen LogP contribution in [0.4, 0.5) is 0 Å². The van der Waals surface area contributed by atoms with Crippen LogP contribution in [0.25, 0.3) is 0 Å². The van der Waals surface area contributed by atoms with Gasteiger partial charge < -0.3 is 15.5 Å². The zero-order valence-electron chi connectivity index (χ0n) is 11.4. The van der Waals surface area contributed by atoms with E-state index in [2.05, 4.69) is 5.32 Å². The van der Waals surface area contributed by atoms with E-state index >= 15 is 0 Å². The summed E-state index contributed by atoms with van der Waals surface area (Å²) in [7, 11) is 0. The maximum atomic E-state index is 12.0. The SMILES string of the molecule is Cc1ccc(CC(=O)NC2CC3CC(N)CC3C2)o1. The molecular weight excluding hydrogens is 240 g/mol. The van der Waals surface area contributed by atoms with Crippen LogP contribution >= 0.6 is 0 Å². The lowest BCUT2D eigenvalue weighted by atomic mass is 10.0. The van der Waals surface area contributed by atoms with Gasteiger partial charge in [0.1, 0.15) is 11.5 Å². The van der Waals surface area contributed by atoms with Crippen molar-refractivity contribution in [1.29, 1.82) is 0 Å². The quantitative estimate of drug-likeness (QED) is 0.872. The smallest absolute Gasteiger partial charge is 0.227 e. The highest BCUT2D eigenvalue weighted by Gasteiger charge is 2.40. The third kappa shape index (κ3) is 2.84. The summed E-state index contributed by atoms with van der Waals surface area (Å²) in [6.45, 7) is 1.89. The number of amides is 1. The molecule has 1 amide bonds. The van der Waals surface area contributed by atoms with Gasteiger partial charge in [0.25, 0.3) is 0 Å². The summed E-state index contributed by atoms with van der Waals surface area (Å²) in [5.74, 6) is 3.13. The fourth-order valence-corrected chi connectivity index (χ4v) is 3.80. The molecule has 2 saturated carbocycles. The Morgan fingerprint density at radius 1 is 1.32 bits per heavy atom. The Kier molecular flexibility index (Phi) is 3.35. The predicted octanol–water partition coefficient (Wildman–Crippen LogP) is 1.76. The molecule has 1 heterocycles. The Morgan fingerprint density at radius 3 is 2.58 bits per heavy atom. The number of nitrogens with two attached hydrogens (primary N) is 1. The van der Waals surface area contributed by atoms with E-state index in [1.54, 1.807) is 0 Å². The Balaban J connectivity index is 1.49. The van der Waals surface area contributed by atoms with E-state index in [1.807, 2.05) is 19.1 Å². The molecule has 4 nitrogen and oxygen atoms in total. The molecule has 1 aromatic heterocycles. The fraction of sp³-hybridized carbons (Fsp3) is 0.667. The Morgan fingerprint density at radius 2 is 2.00 bits per heavy atom. The van der Waals surface area contributed by atoms with Crippen molar-refractivity contribution in [3.63, 3.8) is 0 Å². The van der Waals surface area contributed by atoms with Crippen LogP contribution in [0.15, 0.2) is 16.5 Å². The monoisotopic (exact) mass is 262 g/mol. The molecule has 0 saturated heterocycles. The van der Waals surface area contributed by atoms with Crippen molar-refractivity contribution in [2.75, 3.05) is 0 Å². The lowest BCUT2D eigenvalue weighted by Crippen LogP contribution is -2.34. The van der Waals surface area contributed by atoms with Crippen LogP contribution in [0.2, 0.25) is 0 Å². The van der Waals surface area contributed by atoms with E-state index < -0.39 is 0 Å². The molecule has 0 bridgehead atoms.